The van der Waals surface area contributed by atoms with Gasteiger partial charge in [0.1, 0.15) is 0 Å². The molecular weight excluding hydrogens is 112 g/mol. The average molecular weight is 119 g/mol. The molecule has 0 saturated carbocycles. The predicted octanol–water partition coefficient (Wildman–Crippen LogP) is 1.07. The van der Waals surface area contributed by atoms with Crippen LogP contribution in [-0.4, -0.2) is 6.21 Å². The highest BCUT2D eigenvalue weighted by molar-refractivity contribution is 5.77. The largest absolute Gasteiger partial charge is 0.399 e. The number of anilines is 1. The van der Waals surface area contributed by atoms with Crippen molar-refractivity contribution in [1.29, 1.82) is 5.41 Å². The third-order valence-electron chi connectivity index (χ3n) is 1.00. The predicted molar refractivity (Wildman–Crippen MR) is 37.6 cm³/mol. The second-order valence-corrected chi connectivity index (χ2v) is 1.72. The Bertz CT molecular complexity index is 218. The lowest BCUT2D eigenvalue weighted by atomic mass is 10.2. The molecule has 0 aliphatic heterocycles. The van der Waals surface area contributed by atoms with Gasteiger partial charge in [-0.2, -0.15) is 0 Å². The Labute approximate surface area is 53.8 Å². The van der Waals surface area contributed by atoms with E-state index >= 15 is 0 Å². The van der Waals surface area contributed by atoms with Crippen LogP contribution in [0.3, 0.4) is 0 Å². The zero-order chi connectivity index (χ0) is 6.69. The van der Waals surface area contributed by atoms with Crippen LogP contribution in [0.15, 0.2) is 18.2 Å². The Balaban J connectivity index is 3.07. The normalized spacial score (nSPS) is 8.89. The van der Waals surface area contributed by atoms with Crippen molar-refractivity contribution >= 4 is 11.9 Å². The molecule has 0 bridgehead atoms. The van der Waals surface area contributed by atoms with Crippen LogP contribution >= 0.6 is 0 Å². The summed E-state index contributed by atoms with van der Waals surface area (Å²) in [6.07, 6.45) is 1.22. The van der Waals surface area contributed by atoms with Crippen molar-refractivity contribution in [3.63, 3.8) is 0 Å². The first-order valence-corrected chi connectivity index (χ1v) is 2.60. The maximum absolute atomic E-state index is 6.83. The molecule has 0 spiro atoms. The zero-order valence-corrected chi connectivity index (χ0v) is 4.89. The standard InChI is InChI=1S/C7H7N2/c8-5-6-2-1-3-7(9)4-6/h1,3-5,8H,9H2. The van der Waals surface area contributed by atoms with E-state index in [1.165, 1.54) is 6.21 Å². The van der Waals surface area contributed by atoms with E-state index in [1.54, 1.807) is 18.2 Å². The maximum Gasteiger partial charge on any atom is 0.0320 e. The van der Waals surface area contributed by atoms with Crippen LogP contribution in [0.5, 0.6) is 0 Å². The molecule has 0 unspecified atom stereocenters. The van der Waals surface area contributed by atoms with Crippen LogP contribution in [-0.2, 0) is 0 Å². The fraction of sp³-hybridized carbons (Fsp3) is 0. The molecule has 0 atom stereocenters. The van der Waals surface area contributed by atoms with Crippen molar-refractivity contribution in [2.45, 2.75) is 0 Å². The van der Waals surface area contributed by atoms with Gasteiger partial charge in [0, 0.05) is 17.5 Å². The van der Waals surface area contributed by atoms with Gasteiger partial charge in [0.25, 0.3) is 0 Å². The van der Waals surface area contributed by atoms with Gasteiger partial charge in [-0.05, 0) is 18.2 Å². The summed E-state index contributed by atoms with van der Waals surface area (Å²) < 4.78 is 0. The fourth-order valence-electron chi connectivity index (χ4n) is 0.587. The molecule has 0 aliphatic rings. The van der Waals surface area contributed by atoms with Crippen molar-refractivity contribution in [1.82, 2.24) is 0 Å². The molecule has 0 aliphatic carbocycles. The molecule has 1 aromatic carbocycles. The molecule has 0 saturated heterocycles. The van der Waals surface area contributed by atoms with Crippen molar-refractivity contribution in [3.8, 4) is 0 Å². The number of hydrogen-bond acceptors (Lipinski definition) is 2. The number of nitrogen functional groups attached to an aromatic ring is 1. The number of benzene rings is 1. The van der Waals surface area contributed by atoms with Crippen LogP contribution in [0.1, 0.15) is 5.56 Å². The summed E-state index contributed by atoms with van der Waals surface area (Å²) in [6.45, 7) is 0. The van der Waals surface area contributed by atoms with Crippen LogP contribution in [0.2, 0.25) is 0 Å². The first kappa shape index (κ1) is 5.82. The third kappa shape index (κ3) is 1.29. The van der Waals surface area contributed by atoms with E-state index in [1.807, 2.05) is 0 Å². The van der Waals surface area contributed by atoms with Crippen LogP contribution < -0.4 is 5.73 Å². The molecule has 0 aromatic heterocycles. The van der Waals surface area contributed by atoms with E-state index in [0.29, 0.717) is 5.69 Å². The monoisotopic (exact) mass is 119 g/mol. The Kier molecular flexibility index (Phi) is 1.49. The summed E-state index contributed by atoms with van der Waals surface area (Å²) in [5.74, 6) is 0. The van der Waals surface area contributed by atoms with E-state index < -0.39 is 0 Å². The molecule has 1 rings (SSSR count). The Morgan fingerprint density at radius 2 is 2.44 bits per heavy atom. The lowest BCUT2D eigenvalue weighted by molar-refractivity contribution is 1.53. The summed E-state index contributed by atoms with van der Waals surface area (Å²) in [4.78, 5) is 0. The number of nitrogens with one attached hydrogen (secondary N) is 1. The van der Waals surface area contributed by atoms with Gasteiger partial charge in [-0.3, -0.25) is 0 Å². The average Bonchev–Trinajstić information content (AvgIpc) is 1.88. The molecule has 2 nitrogen and oxygen atoms in total. The molecule has 1 radical (unpaired) electrons. The smallest absolute Gasteiger partial charge is 0.0320 e. The SMILES string of the molecule is N=Cc1[c]ccc(N)c1. The second kappa shape index (κ2) is 2.31. The van der Waals surface area contributed by atoms with E-state index in [9.17, 15) is 0 Å². The van der Waals surface area contributed by atoms with E-state index in [0.717, 1.165) is 5.56 Å². The number of hydrogen-bond donors (Lipinski definition) is 2. The van der Waals surface area contributed by atoms with Gasteiger partial charge in [0.15, 0.2) is 0 Å². The molecule has 2 heteroatoms. The minimum Gasteiger partial charge on any atom is -0.399 e. The summed E-state index contributed by atoms with van der Waals surface area (Å²) in [7, 11) is 0. The summed E-state index contributed by atoms with van der Waals surface area (Å²) >= 11 is 0. The molecule has 0 heterocycles. The van der Waals surface area contributed by atoms with E-state index in [2.05, 4.69) is 6.07 Å². The highest BCUT2D eigenvalue weighted by Gasteiger charge is 1.85. The van der Waals surface area contributed by atoms with Crippen LogP contribution in [0.25, 0.3) is 0 Å². The molecule has 0 amide bonds. The topological polar surface area (TPSA) is 49.9 Å². The second-order valence-electron chi connectivity index (χ2n) is 1.72. The molecule has 9 heavy (non-hydrogen) atoms. The molecule has 3 N–H and O–H groups in total. The highest BCUT2D eigenvalue weighted by atomic mass is 14.5. The van der Waals surface area contributed by atoms with Gasteiger partial charge in [0.05, 0.1) is 0 Å². The van der Waals surface area contributed by atoms with Gasteiger partial charge < -0.3 is 11.1 Å². The molecule has 45 valence electrons. The molecule has 0 fully saturated rings. The van der Waals surface area contributed by atoms with E-state index in [-0.39, 0.29) is 0 Å². The van der Waals surface area contributed by atoms with E-state index in [4.69, 9.17) is 11.1 Å². The fourth-order valence-corrected chi connectivity index (χ4v) is 0.587. The lowest BCUT2D eigenvalue weighted by Gasteiger charge is -1.91. The minimum absolute atomic E-state index is 0.673. The summed E-state index contributed by atoms with van der Waals surface area (Å²) in [5.41, 5.74) is 6.80. The van der Waals surface area contributed by atoms with Gasteiger partial charge in [-0.15, -0.1) is 0 Å². The Morgan fingerprint density at radius 3 is 2.89 bits per heavy atom. The minimum atomic E-state index is 0.673. The third-order valence-corrected chi connectivity index (χ3v) is 1.00. The summed E-state index contributed by atoms with van der Waals surface area (Å²) in [5, 5.41) is 6.83. The Morgan fingerprint density at radius 1 is 1.67 bits per heavy atom. The van der Waals surface area contributed by atoms with Crippen molar-refractivity contribution in [2.75, 3.05) is 5.73 Å². The first-order chi connectivity index (χ1) is 4.33. The number of rotatable bonds is 1. The van der Waals surface area contributed by atoms with Gasteiger partial charge >= 0.3 is 0 Å². The van der Waals surface area contributed by atoms with Crippen molar-refractivity contribution in [3.05, 3.63) is 29.8 Å². The summed E-state index contributed by atoms with van der Waals surface area (Å²) in [6, 6.07) is 7.98. The quantitative estimate of drug-likeness (QED) is 0.421. The highest BCUT2D eigenvalue weighted by Crippen LogP contribution is 2.01. The van der Waals surface area contributed by atoms with Gasteiger partial charge in [-0.1, -0.05) is 6.07 Å². The zero-order valence-electron chi connectivity index (χ0n) is 4.89. The maximum atomic E-state index is 6.83. The Hall–Kier alpha value is -1.31. The number of nitrogens with two attached hydrogens (primary N) is 1. The lowest BCUT2D eigenvalue weighted by Crippen LogP contribution is -1.85. The first-order valence-electron chi connectivity index (χ1n) is 2.60. The van der Waals surface area contributed by atoms with Crippen LogP contribution in [0, 0.1) is 11.5 Å². The van der Waals surface area contributed by atoms with Gasteiger partial charge in [-0.25, -0.2) is 0 Å². The van der Waals surface area contributed by atoms with Crippen molar-refractivity contribution < 1.29 is 0 Å². The van der Waals surface area contributed by atoms with Gasteiger partial charge in [0.2, 0.25) is 0 Å². The van der Waals surface area contributed by atoms with Crippen LogP contribution in [0.4, 0.5) is 5.69 Å². The molecular formula is C7H7N2. The molecule has 1 aromatic rings. The van der Waals surface area contributed by atoms with Crippen molar-refractivity contribution in [2.24, 2.45) is 0 Å².